The van der Waals surface area contributed by atoms with E-state index in [4.69, 9.17) is 4.42 Å². The number of rotatable bonds is 5. The number of hydrogen-bond acceptors (Lipinski definition) is 7. The highest BCUT2D eigenvalue weighted by Gasteiger charge is 2.26. The smallest absolute Gasteiger partial charge is 0.232 e. The van der Waals surface area contributed by atoms with E-state index in [0.717, 1.165) is 6.26 Å². The topological polar surface area (TPSA) is 116 Å². The summed E-state index contributed by atoms with van der Waals surface area (Å²) >= 11 is 0. The van der Waals surface area contributed by atoms with E-state index in [0.29, 0.717) is 11.4 Å². The van der Waals surface area contributed by atoms with Crippen molar-refractivity contribution in [3.63, 3.8) is 0 Å². The van der Waals surface area contributed by atoms with E-state index in [-0.39, 0.29) is 17.1 Å². The van der Waals surface area contributed by atoms with Crippen LogP contribution in [-0.2, 0) is 6.61 Å². The Balaban J connectivity index is 2.21. The molecule has 2 aromatic heterocycles. The van der Waals surface area contributed by atoms with Crippen molar-refractivity contribution in [2.75, 3.05) is 5.32 Å². The molecule has 7 nitrogen and oxygen atoms in total. The van der Waals surface area contributed by atoms with E-state index in [2.05, 4.69) is 10.3 Å². The van der Waals surface area contributed by atoms with Gasteiger partial charge in [-0.25, -0.2) is 4.98 Å². The molecule has 4 N–H and O–H groups in total. The highest BCUT2D eigenvalue weighted by molar-refractivity contribution is 5.49. The lowest BCUT2D eigenvalue weighted by Crippen LogP contribution is -2.23. The first kappa shape index (κ1) is 16.5. The quantitative estimate of drug-likeness (QED) is 0.562. The van der Waals surface area contributed by atoms with Crippen molar-refractivity contribution in [3.8, 4) is 11.5 Å². The van der Waals surface area contributed by atoms with Gasteiger partial charge in [0.05, 0.1) is 11.6 Å². The number of aromatic nitrogens is 1. The van der Waals surface area contributed by atoms with Crippen LogP contribution in [-0.4, -0.2) is 20.3 Å². The molecule has 0 saturated heterocycles. The SMILES string of the molecule is O=c1c(O)coc(CO)c1[C@@H](Nc1ccccn1)c1ccccc1O. The number of phenols is 1. The molecule has 0 saturated carbocycles. The largest absolute Gasteiger partial charge is 0.508 e. The number of pyridine rings is 1. The van der Waals surface area contributed by atoms with Gasteiger partial charge in [0, 0.05) is 11.8 Å². The zero-order valence-electron chi connectivity index (χ0n) is 13.1. The van der Waals surface area contributed by atoms with Gasteiger partial charge in [-0.05, 0) is 18.2 Å². The number of phenolic OH excluding ortho intramolecular Hbond substituents is 1. The first-order valence-electron chi connectivity index (χ1n) is 7.51. The second kappa shape index (κ2) is 7.06. The van der Waals surface area contributed by atoms with Gasteiger partial charge in [0.25, 0.3) is 0 Å². The average molecular weight is 340 g/mol. The third-order valence-corrected chi connectivity index (χ3v) is 3.73. The first-order chi connectivity index (χ1) is 12.1. The number of aliphatic hydroxyl groups is 1. The Morgan fingerprint density at radius 2 is 1.84 bits per heavy atom. The van der Waals surface area contributed by atoms with E-state index >= 15 is 0 Å². The van der Waals surface area contributed by atoms with Gasteiger partial charge in [0.1, 0.15) is 30.2 Å². The maximum atomic E-state index is 12.5. The fourth-order valence-electron chi connectivity index (χ4n) is 2.56. The summed E-state index contributed by atoms with van der Waals surface area (Å²) in [5.74, 6) is -0.208. The van der Waals surface area contributed by atoms with Crippen LogP contribution in [0.15, 0.2) is 64.1 Å². The molecule has 0 radical (unpaired) electrons. The Kier molecular flexibility index (Phi) is 4.67. The third-order valence-electron chi connectivity index (χ3n) is 3.73. The Morgan fingerprint density at radius 3 is 2.52 bits per heavy atom. The fourth-order valence-corrected chi connectivity index (χ4v) is 2.56. The monoisotopic (exact) mass is 340 g/mol. The molecule has 0 amide bonds. The average Bonchev–Trinajstić information content (AvgIpc) is 2.64. The second-order valence-corrected chi connectivity index (χ2v) is 5.30. The minimum Gasteiger partial charge on any atom is -0.508 e. The zero-order chi connectivity index (χ0) is 17.8. The van der Waals surface area contributed by atoms with E-state index in [9.17, 15) is 20.1 Å². The van der Waals surface area contributed by atoms with E-state index in [1.165, 1.54) is 6.07 Å². The minimum atomic E-state index is -0.887. The van der Waals surface area contributed by atoms with Crippen LogP contribution < -0.4 is 10.7 Å². The summed E-state index contributed by atoms with van der Waals surface area (Å²) in [5.41, 5.74) is -0.331. The van der Waals surface area contributed by atoms with Crippen molar-refractivity contribution in [1.29, 1.82) is 0 Å². The van der Waals surface area contributed by atoms with Crippen molar-refractivity contribution in [2.24, 2.45) is 0 Å². The minimum absolute atomic E-state index is 0.00495. The molecule has 2 heterocycles. The lowest BCUT2D eigenvalue weighted by Gasteiger charge is -2.22. The predicted molar refractivity (Wildman–Crippen MR) is 90.4 cm³/mol. The number of aromatic hydroxyl groups is 2. The summed E-state index contributed by atoms with van der Waals surface area (Å²) in [6, 6.07) is 10.8. The fraction of sp³-hybridized carbons (Fsp3) is 0.111. The first-order valence-corrected chi connectivity index (χ1v) is 7.51. The molecule has 0 spiro atoms. The molecule has 3 rings (SSSR count). The number of benzene rings is 1. The summed E-state index contributed by atoms with van der Waals surface area (Å²) in [6.07, 6.45) is 2.45. The molecule has 0 aliphatic heterocycles. The van der Waals surface area contributed by atoms with Crippen LogP contribution >= 0.6 is 0 Å². The molecule has 7 heteroatoms. The van der Waals surface area contributed by atoms with Crippen LogP contribution in [0.25, 0.3) is 0 Å². The number of hydrogen-bond donors (Lipinski definition) is 4. The number of para-hydroxylation sites is 1. The van der Waals surface area contributed by atoms with Crippen molar-refractivity contribution >= 4 is 5.82 Å². The zero-order valence-corrected chi connectivity index (χ0v) is 13.1. The molecular weight excluding hydrogens is 324 g/mol. The van der Waals surface area contributed by atoms with Gasteiger partial charge in [0.15, 0.2) is 5.75 Å². The summed E-state index contributed by atoms with van der Waals surface area (Å²) in [6.45, 7) is -0.543. The molecule has 128 valence electrons. The maximum Gasteiger partial charge on any atom is 0.232 e. The summed E-state index contributed by atoms with van der Waals surface area (Å²) in [5, 5.41) is 32.6. The van der Waals surface area contributed by atoms with E-state index in [1.54, 1.807) is 42.6 Å². The van der Waals surface area contributed by atoms with Crippen LogP contribution in [0.3, 0.4) is 0 Å². The summed E-state index contributed by atoms with van der Waals surface area (Å²) in [7, 11) is 0. The van der Waals surface area contributed by atoms with Crippen LogP contribution in [0.2, 0.25) is 0 Å². The third kappa shape index (κ3) is 3.31. The Morgan fingerprint density at radius 1 is 1.08 bits per heavy atom. The van der Waals surface area contributed by atoms with Crippen molar-refractivity contribution in [3.05, 3.63) is 82.0 Å². The Bertz CT molecular complexity index is 924. The van der Waals surface area contributed by atoms with Crippen LogP contribution in [0, 0.1) is 0 Å². The van der Waals surface area contributed by atoms with Crippen LogP contribution in [0.5, 0.6) is 11.5 Å². The van der Waals surface area contributed by atoms with Gasteiger partial charge in [-0.2, -0.15) is 0 Å². The molecule has 3 aromatic rings. The van der Waals surface area contributed by atoms with Crippen LogP contribution in [0.4, 0.5) is 5.82 Å². The van der Waals surface area contributed by atoms with E-state index < -0.39 is 23.8 Å². The van der Waals surface area contributed by atoms with Gasteiger partial charge in [-0.1, -0.05) is 24.3 Å². The highest BCUT2D eigenvalue weighted by Crippen LogP contribution is 2.32. The molecule has 0 aliphatic carbocycles. The number of nitrogens with zero attached hydrogens (tertiary/aromatic N) is 1. The van der Waals surface area contributed by atoms with Gasteiger partial charge in [0.2, 0.25) is 5.43 Å². The molecule has 25 heavy (non-hydrogen) atoms. The van der Waals surface area contributed by atoms with Gasteiger partial charge >= 0.3 is 0 Å². The molecule has 1 atom stereocenters. The van der Waals surface area contributed by atoms with Crippen molar-refractivity contribution in [1.82, 2.24) is 4.98 Å². The van der Waals surface area contributed by atoms with E-state index in [1.807, 2.05) is 0 Å². The standard InChI is InChI=1S/C18H16N2O5/c21-9-14-16(18(24)13(23)10-25-14)17(11-5-1-2-6-12(11)22)20-15-7-3-4-8-19-15/h1-8,10,17,21-23H,9H2,(H,19,20)/t17-/m0/s1. The highest BCUT2D eigenvalue weighted by atomic mass is 16.4. The molecule has 0 aliphatic rings. The number of aliphatic hydroxyl groups excluding tert-OH is 1. The molecule has 0 bridgehead atoms. The Labute approximate surface area is 142 Å². The number of nitrogens with one attached hydrogen (secondary N) is 1. The Hall–Kier alpha value is -3.32. The molecule has 1 aromatic carbocycles. The van der Waals surface area contributed by atoms with Gasteiger partial charge < -0.3 is 25.1 Å². The second-order valence-electron chi connectivity index (χ2n) is 5.30. The van der Waals surface area contributed by atoms with Gasteiger partial charge in [-0.15, -0.1) is 0 Å². The van der Waals surface area contributed by atoms with Crippen LogP contribution in [0.1, 0.15) is 22.9 Å². The van der Waals surface area contributed by atoms with Gasteiger partial charge in [-0.3, -0.25) is 4.79 Å². The lowest BCUT2D eigenvalue weighted by molar-refractivity contribution is 0.238. The number of anilines is 1. The normalized spacial score (nSPS) is 11.9. The van der Waals surface area contributed by atoms with Crippen molar-refractivity contribution < 1.29 is 19.7 Å². The molecular formula is C18H16N2O5. The summed E-state index contributed by atoms with van der Waals surface area (Å²) in [4.78, 5) is 16.7. The predicted octanol–water partition coefficient (Wildman–Crippen LogP) is 2.14. The molecule has 0 unspecified atom stereocenters. The molecule has 0 fully saturated rings. The maximum absolute atomic E-state index is 12.5. The summed E-state index contributed by atoms with van der Waals surface area (Å²) < 4.78 is 5.16. The lowest BCUT2D eigenvalue weighted by atomic mass is 9.96. The van der Waals surface area contributed by atoms with Crippen molar-refractivity contribution in [2.45, 2.75) is 12.6 Å².